The summed E-state index contributed by atoms with van der Waals surface area (Å²) in [6.45, 7) is 3.54. The van der Waals surface area contributed by atoms with Gasteiger partial charge in [0.1, 0.15) is 0 Å². The minimum Gasteiger partial charge on any atom is -0.481 e. The van der Waals surface area contributed by atoms with Crippen LogP contribution in [0.1, 0.15) is 13.8 Å². The first-order valence-electron chi connectivity index (χ1n) is 4.86. The van der Waals surface area contributed by atoms with Crippen molar-refractivity contribution in [1.29, 1.82) is 0 Å². The second-order valence-electron chi connectivity index (χ2n) is 3.68. The summed E-state index contributed by atoms with van der Waals surface area (Å²) in [7, 11) is 0. The summed E-state index contributed by atoms with van der Waals surface area (Å²) in [6.07, 6.45) is 0. The molecule has 2 unspecified atom stereocenters. The van der Waals surface area contributed by atoms with Crippen molar-refractivity contribution < 1.29 is 9.90 Å². The predicted molar refractivity (Wildman–Crippen MR) is 71.7 cm³/mol. The van der Waals surface area contributed by atoms with Gasteiger partial charge in [-0.1, -0.05) is 15.9 Å². The number of hydrogen-bond donors (Lipinski definition) is 2. The third-order valence-electron chi connectivity index (χ3n) is 2.45. The third-order valence-corrected chi connectivity index (χ3v) is 3.64. The molecule has 0 saturated heterocycles. The quantitative estimate of drug-likeness (QED) is 0.869. The minimum absolute atomic E-state index is 0.136. The molecule has 1 aromatic rings. The van der Waals surface area contributed by atoms with Crippen molar-refractivity contribution >= 4 is 43.5 Å². The molecule has 3 nitrogen and oxygen atoms in total. The van der Waals surface area contributed by atoms with E-state index in [9.17, 15) is 4.79 Å². The Hall–Kier alpha value is -0.550. The number of rotatable bonds is 4. The molecular weight excluding hydrogens is 338 g/mol. The Labute approximate surface area is 111 Å². The summed E-state index contributed by atoms with van der Waals surface area (Å²) in [5, 5.41) is 12.1. The maximum absolute atomic E-state index is 10.8. The van der Waals surface area contributed by atoms with E-state index in [-0.39, 0.29) is 6.04 Å². The molecule has 1 rings (SSSR count). The molecule has 0 heterocycles. The predicted octanol–water partition coefficient (Wildman–Crippen LogP) is 3.73. The van der Waals surface area contributed by atoms with Crippen molar-refractivity contribution in [2.24, 2.45) is 5.92 Å². The standard InChI is InChI=1S/C11H13Br2NO2/c1-6(11(15)16)7(2)14-10-5-8(12)3-4-9(10)13/h3-7,14H,1-2H3,(H,15,16). The number of benzene rings is 1. The van der Waals surface area contributed by atoms with Crippen molar-refractivity contribution in [3.8, 4) is 0 Å². The lowest BCUT2D eigenvalue weighted by atomic mass is 10.0. The maximum atomic E-state index is 10.8. The lowest BCUT2D eigenvalue weighted by Crippen LogP contribution is -2.29. The van der Waals surface area contributed by atoms with Gasteiger partial charge in [-0.05, 0) is 48.0 Å². The van der Waals surface area contributed by atoms with E-state index >= 15 is 0 Å². The molecule has 5 heteroatoms. The normalized spacial score (nSPS) is 14.2. The summed E-state index contributed by atoms with van der Waals surface area (Å²) in [5.41, 5.74) is 0.884. The van der Waals surface area contributed by atoms with E-state index in [2.05, 4.69) is 37.2 Å². The topological polar surface area (TPSA) is 49.3 Å². The second-order valence-corrected chi connectivity index (χ2v) is 5.45. The van der Waals surface area contributed by atoms with Gasteiger partial charge in [-0.3, -0.25) is 4.79 Å². The lowest BCUT2D eigenvalue weighted by Gasteiger charge is -2.20. The fraction of sp³-hybridized carbons (Fsp3) is 0.364. The number of hydrogen-bond acceptors (Lipinski definition) is 2. The molecule has 16 heavy (non-hydrogen) atoms. The smallest absolute Gasteiger partial charge is 0.308 e. The van der Waals surface area contributed by atoms with Crippen molar-refractivity contribution in [2.45, 2.75) is 19.9 Å². The summed E-state index contributed by atoms with van der Waals surface area (Å²) < 4.78 is 1.87. The number of carboxylic acid groups (broad SMARTS) is 1. The molecule has 0 bridgehead atoms. The zero-order valence-corrected chi connectivity index (χ0v) is 12.2. The number of halogens is 2. The Morgan fingerprint density at radius 2 is 2.00 bits per heavy atom. The Morgan fingerprint density at radius 3 is 2.56 bits per heavy atom. The first kappa shape index (κ1) is 13.5. The molecule has 0 amide bonds. The average molecular weight is 351 g/mol. The SMILES string of the molecule is CC(Nc1cc(Br)ccc1Br)C(C)C(=O)O. The van der Waals surface area contributed by atoms with Gasteiger partial charge in [-0.25, -0.2) is 0 Å². The summed E-state index contributed by atoms with van der Waals surface area (Å²) in [6, 6.07) is 5.60. The van der Waals surface area contributed by atoms with Crippen LogP contribution in [0.15, 0.2) is 27.1 Å². The molecule has 0 fully saturated rings. The van der Waals surface area contributed by atoms with Crippen LogP contribution >= 0.6 is 31.9 Å². The second kappa shape index (κ2) is 5.68. The van der Waals surface area contributed by atoms with Gasteiger partial charge in [0.05, 0.1) is 5.92 Å². The van der Waals surface area contributed by atoms with E-state index in [0.717, 1.165) is 14.6 Å². The number of nitrogens with one attached hydrogen (secondary N) is 1. The first-order chi connectivity index (χ1) is 7.41. The molecule has 2 atom stereocenters. The molecular formula is C11H13Br2NO2. The number of carboxylic acids is 1. The molecule has 0 aromatic heterocycles. The zero-order valence-electron chi connectivity index (χ0n) is 9.00. The fourth-order valence-corrected chi connectivity index (χ4v) is 1.91. The van der Waals surface area contributed by atoms with E-state index in [0.29, 0.717) is 0 Å². The average Bonchev–Trinajstić information content (AvgIpc) is 2.22. The molecule has 0 spiro atoms. The first-order valence-corrected chi connectivity index (χ1v) is 6.45. The molecule has 0 aliphatic heterocycles. The molecule has 0 radical (unpaired) electrons. The number of carbonyl (C=O) groups is 1. The fourth-order valence-electron chi connectivity index (χ4n) is 1.19. The summed E-state index contributed by atoms with van der Waals surface area (Å²) in [4.78, 5) is 10.8. The van der Waals surface area contributed by atoms with Crippen LogP contribution in [-0.2, 0) is 4.79 Å². The van der Waals surface area contributed by atoms with Gasteiger partial charge in [-0.2, -0.15) is 0 Å². The summed E-state index contributed by atoms with van der Waals surface area (Å²) in [5.74, 6) is -1.24. The van der Waals surface area contributed by atoms with Gasteiger partial charge >= 0.3 is 5.97 Å². The van der Waals surface area contributed by atoms with E-state index in [4.69, 9.17) is 5.11 Å². The monoisotopic (exact) mass is 349 g/mol. The van der Waals surface area contributed by atoms with E-state index in [1.54, 1.807) is 6.92 Å². The Morgan fingerprint density at radius 1 is 1.38 bits per heavy atom. The van der Waals surface area contributed by atoms with E-state index in [1.807, 2.05) is 25.1 Å². The minimum atomic E-state index is -0.800. The lowest BCUT2D eigenvalue weighted by molar-refractivity contribution is -0.141. The van der Waals surface area contributed by atoms with Crippen LogP contribution in [0.2, 0.25) is 0 Å². The zero-order chi connectivity index (χ0) is 12.3. The number of anilines is 1. The van der Waals surface area contributed by atoms with Crippen LogP contribution in [0.3, 0.4) is 0 Å². The Kier molecular flexibility index (Phi) is 4.80. The molecule has 0 saturated carbocycles. The highest BCUT2D eigenvalue weighted by atomic mass is 79.9. The van der Waals surface area contributed by atoms with Gasteiger partial charge in [0.15, 0.2) is 0 Å². The highest BCUT2D eigenvalue weighted by molar-refractivity contribution is 9.11. The van der Waals surface area contributed by atoms with Crippen LogP contribution in [-0.4, -0.2) is 17.1 Å². The van der Waals surface area contributed by atoms with Gasteiger partial charge in [0, 0.05) is 20.7 Å². The largest absolute Gasteiger partial charge is 0.481 e. The van der Waals surface area contributed by atoms with Gasteiger partial charge in [-0.15, -0.1) is 0 Å². The van der Waals surface area contributed by atoms with Gasteiger partial charge in [0.25, 0.3) is 0 Å². The van der Waals surface area contributed by atoms with E-state index in [1.165, 1.54) is 0 Å². The highest BCUT2D eigenvalue weighted by Crippen LogP contribution is 2.27. The summed E-state index contributed by atoms with van der Waals surface area (Å²) >= 11 is 6.79. The van der Waals surface area contributed by atoms with E-state index < -0.39 is 11.9 Å². The number of aliphatic carboxylic acids is 1. The molecule has 0 aliphatic carbocycles. The van der Waals surface area contributed by atoms with Crippen molar-refractivity contribution in [3.63, 3.8) is 0 Å². The van der Waals surface area contributed by atoms with Crippen molar-refractivity contribution in [2.75, 3.05) is 5.32 Å². The molecule has 88 valence electrons. The van der Waals surface area contributed by atoms with Crippen molar-refractivity contribution in [3.05, 3.63) is 27.1 Å². The van der Waals surface area contributed by atoms with Crippen LogP contribution < -0.4 is 5.32 Å². The van der Waals surface area contributed by atoms with Crippen LogP contribution in [0.25, 0.3) is 0 Å². The highest BCUT2D eigenvalue weighted by Gasteiger charge is 2.19. The van der Waals surface area contributed by atoms with Crippen LogP contribution in [0.4, 0.5) is 5.69 Å². The maximum Gasteiger partial charge on any atom is 0.308 e. The Balaban J connectivity index is 2.80. The Bertz CT molecular complexity index is 396. The molecule has 2 N–H and O–H groups in total. The van der Waals surface area contributed by atoms with Gasteiger partial charge in [0.2, 0.25) is 0 Å². The third kappa shape index (κ3) is 3.49. The van der Waals surface area contributed by atoms with Crippen LogP contribution in [0.5, 0.6) is 0 Å². The van der Waals surface area contributed by atoms with Crippen molar-refractivity contribution in [1.82, 2.24) is 0 Å². The molecule has 0 aliphatic rings. The van der Waals surface area contributed by atoms with Gasteiger partial charge < -0.3 is 10.4 Å². The van der Waals surface area contributed by atoms with Crippen LogP contribution in [0, 0.1) is 5.92 Å². The molecule has 1 aromatic carbocycles.